The Morgan fingerprint density at radius 1 is 0.682 bits per heavy atom. The fourth-order valence-corrected chi connectivity index (χ4v) is 4.25. The SMILES string of the molecule is CNNC(=NOC(C)=O)c1ccc(N(c2ccc(C(=O)c3cccc(C)c3)cc2)c2ccc(/C(N)=N/OC(C)=O)cc2)cc1. The van der Waals surface area contributed by atoms with E-state index in [0.29, 0.717) is 28.1 Å². The molecule has 4 rings (SSSR count). The summed E-state index contributed by atoms with van der Waals surface area (Å²) in [6, 6.07) is 29.4. The van der Waals surface area contributed by atoms with Crippen molar-refractivity contribution in [2.24, 2.45) is 16.0 Å². The van der Waals surface area contributed by atoms with Gasteiger partial charge in [0.2, 0.25) is 0 Å². The number of carbonyl (C=O) groups is 3. The van der Waals surface area contributed by atoms with Crippen LogP contribution < -0.4 is 21.5 Å². The average Bonchev–Trinajstić information content (AvgIpc) is 3.02. The molecule has 0 saturated carbocycles. The Bertz CT molecular complexity index is 1700. The highest BCUT2D eigenvalue weighted by Gasteiger charge is 2.16. The predicted molar refractivity (Wildman–Crippen MR) is 169 cm³/mol. The van der Waals surface area contributed by atoms with Crippen LogP contribution in [0, 0.1) is 6.92 Å². The Morgan fingerprint density at radius 3 is 1.68 bits per heavy atom. The maximum atomic E-state index is 13.1. The lowest BCUT2D eigenvalue weighted by molar-refractivity contribution is -0.141. The summed E-state index contributed by atoms with van der Waals surface area (Å²) in [6.07, 6.45) is 0. The Balaban J connectivity index is 1.72. The molecule has 0 saturated heterocycles. The third-order valence-corrected chi connectivity index (χ3v) is 6.27. The van der Waals surface area contributed by atoms with E-state index in [9.17, 15) is 14.4 Å². The maximum Gasteiger partial charge on any atom is 0.332 e. The standard InChI is InChI=1S/C33H32N6O5/c1-21-6-5-7-27(20-21)31(42)24-8-14-28(15-9-24)39(29-16-10-25(11-17-29)32(34)37-43-22(2)40)30-18-12-26(13-19-30)33(36-35-4)38-44-23(3)41/h5-20,35H,1-4H3,(H2,34,37)(H,36,38). The van der Waals surface area contributed by atoms with Crippen LogP contribution in [0.5, 0.6) is 0 Å². The lowest BCUT2D eigenvalue weighted by Gasteiger charge is -2.26. The molecule has 0 aromatic heterocycles. The van der Waals surface area contributed by atoms with E-state index in [4.69, 9.17) is 10.6 Å². The van der Waals surface area contributed by atoms with Crippen LogP contribution in [0.1, 0.15) is 46.5 Å². The second-order valence-corrected chi connectivity index (χ2v) is 9.63. The molecule has 0 radical (unpaired) electrons. The van der Waals surface area contributed by atoms with E-state index < -0.39 is 11.9 Å². The van der Waals surface area contributed by atoms with Crippen molar-refractivity contribution in [1.82, 2.24) is 10.9 Å². The van der Waals surface area contributed by atoms with Crippen LogP contribution in [0.3, 0.4) is 0 Å². The first kappa shape index (κ1) is 31.1. The van der Waals surface area contributed by atoms with Crippen LogP contribution in [-0.2, 0) is 19.3 Å². The average molecular weight is 593 g/mol. The van der Waals surface area contributed by atoms with E-state index in [0.717, 1.165) is 22.6 Å². The molecule has 11 nitrogen and oxygen atoms in total. The third-order valence-electron chi connectivity index (χ3n) is 6.27. The molecule has 0 amide bonds. The largest absolute Gasteiger partial charge is 0.380 e. The molecule has 0 atom stereocenters. The van der Waals surface area contributed by atoms with Gasteiger partial charge in [-0.2, -0.15) is 0 Å². The van der Waals surface area contributed by atoms with Crippen LogP contribution in [0.2, 0.25) is 0 Å². The number of carbonyl (C=O) groups excluding carboxylic acids is 3. The van der Waals surface area contributed by atoms with E-state index in [1.165, 1.54) is 13.8 Å². The van der Waals surface area contributed by atoms with Crippen LogP contribution in [0.15, 0.2) is 107 Å². The van der Waals surface area contributed by atoms with Gasteiger partial charge in [-0.15, -0.1) is 0 Å². The van der Waals surface area contributed by atoms with Gasteiger partial charge in [0.25, 0.3) is 0 Å². The molecule has 4 N–H and O–H groups in total. The molecule has 0 aliphatic rings. The predicted octanol–water partition coefficient (Wildman–Crippen LogP) is 4.83. The molecule has 0 spiro atoms. The van der Waals surface area contributed by atoms with Crippen molar-refractivity contribution in [2.75, 3.05) is 11.9 Å². The highest BCUT2D eigenvalue weighted by atomic mass is 16.7. The normalized spacial score (nSPS) is 11.5. The minimum atomic E-state index is -0.575. The number of anilines is 3. The van der Waals surface area contributed by atoms with Gasteiger partial charge in [0, 0.05) is 60.2 Å². The van der Waals surface area contributed by atoms with E-state index >= 15 is 0 Å². The first-order valence-corrected chi connectivity index (χ1v) is 13.6. The van der Waals surface area contributed by atoms with E-state index in [-0.39, 0.29) is 11.6 Å². The Morgan fingerprint density at radius 2 is 1.18 bits per heavy atom. The minimum absolute atomic E-state index is 0.0540. The zero-order chi connectivity index (χ0) is 31.6. The van der Waals surface area contributed by atoms with E-state index in [1.54, 1.807) is 37.4 Å². The van der Waals surface area contributed by atoms with Crippen molar-refractivity contribution < 1.29 is 24.1 Å². The van der Waals surface area contributed by atoms with Gasteiger partial charge in [0.1, 0.15) is 0 Å². The van der Waals surface area contributed by atoms with Gasteiger partial charge in [-0.25, -0.2) is 15.0 Å². The van der Waals surface area contributed by atoms with Crippen LogP contribution in [0.4, 0.5) is 17.1 Å². The number of hydrazine groups is 1. The fraction of sp³-hybridized carbons (Fsp3) is 0.121. The summed E-state index contributed by atoms with van der Waals surface area (Å²) in [5.41, 5.74) is 17.4. The molecular weight excluding hydrogens is 560 g/mol. The maximum absolute atomic E-state index is 13.1. The highest BCUT2D eigenvalue weighted by Crippen LogP contribution is 2.35. The lowest BCUT2D eigenvalue weighted by Crippen LogP contribution is -2.35. The van der Waals surface area contributed by atoms with Gasteiger partial charge in [-0.05, 0) is 85.8 Å². The summed E-state index contributed by atoms with van der Waals surface area (Å²) in [4.78, 5) is 47.0. The smallest absolute Gasteiger partial charge is 0.332 e. The summed E-state index contributed by atoms with van der Waals surface area (Å²) < 4.78 is 0. The van der Waals surface area contributed by atoms with E-state index in [2.05, 4.69) is 26.0 Å². The van der Waals surface area contributed by atoms with Crippen molar-refractivity contribution >= 4 is 46.5 Å². The van der Waals surface area contributed by atoms with Crippen LogP contribution in [0.25, 0.3) is 0 Å². The number of rotatable bonds is 10. The third kappa shape index (κ3) is 7.93. The number of benzene rings is 4. The molecule has 0 heterocycles. The number of nitrogens with two attached hydrogens (primary N) is 1. The van der Waals surface area contributed by atoms with Gasteiger partial charge in [-0.3, -0.25) is 4.79 Å². The molecule has 44 heavy (non-hydrogen) atoms. The van der Waals surface area contributed by atoms with Crippen molar-refractivity contribution in [3.63, 3.8) is 0 Å². The van der Waals surface area contributed by atoms with Crippen molar-refractivity contribution in [3.05, 3.63) is 125 Å². The molecule has 224 valence electrons. The molecule has 4 aromatic rings. The van der Waals surface area contributed by atoms with Gasteiger partial charge in [-0.1, -0.05) is 34.1 Å². The number of oxime groups is 2. The second kappa shape index (κ2) is 14.4. The zero-order valence-electron chi connectivity index (χ0n) is 24.7. The molecule has 0 aliphatic carbocycles. The van der Waals surface area contributed by atoms with Gasteiger partial charge < -0.3 is 25.7 Å². The van der Waals surface area contributed by atoms with Gasteiger partial charge >= 0.3 is 11.9 Å². The van der Waals surface area contributed by atoms with Crippen LogP contribution >= 0.6 is 0 Å². The van der Waals surface area contributed by atoms with Crippen molar-refractivity contribution in [3.8, 4) is 0 Å². The molecule has 0 fully saturated rings. The van der Waals surface area contributed by atoms with E-state index in [1.807, 2.05) is 78.6 Å². The summed E-state index contributed by atoms with van der Waals surface area (Å²) in [5, 5.41) is 7.53. The lowest BCUT2D eigenvalue weighted by atomic mass is 10.0. The number of hydrogen-bond donors (Lipinski definition) is 3. The number of ketones is 1. The molecule has 0 bridgehead atoms. The molecule has 0 aliphatic heterocycles. The Hall–Kier alpha value is -5.81. The van der Waals surface area contributed by atoms with Crippen molar-refractivity contribution in [1.29, 1.82) is 0 Å². The summed E-state index contributed by atoms with van der Waals surface area (Å²) in [6.45, 7) is 4.45. The highest BCUT2D eigenvalue weighted by molar-refractivity contribution is 6.09. The molecule has 0 unspecified atom stereocenters. The Kier molecular flexibility index (Phi) is 10.2. The fourth-order valence-electron chi connectivity index (χ4n) is 4.25. The number of amidine groups is 2. The van der Waals surface area contributed by atoms with Gasteiger partial charge in [0.15, 0.2) is 17.5 Å². The van der Waals surface area contributed by atoms with Crippen LogP contribution in [-0.4, -0.2) is 36.4 Å². The molecule has 11 heteroatoms. The monoisotopic (exact) mass is 592 g/mol. The summed E-state index contributed by atoms with van der Waals surface area (Å²) in [5.74, 6) is -0.825. The number of nitrogens with one attached hydrogen (secondary N) is 2. The first-order chi connectivity index (χ1) is 21.2. The topological polar surface area (TPSA) is 148 Å². The summed E-state index contributed by atoms with van der Waals surface area (Å²) in [7, 11) is 1.67. The minimum Gasteiger partial charge on any atom is -0.380 e. The number of aryl methyl sites for hydroxylation is 1. The summed E-state index contributed by atoms with van der Waals surface area (Å²) >= 11 is 0. The van der Waals surface area contributed by atoms with Gasteiger partial charge in [0.05, 0.1) is 0 Å². The number of nitrogens with zero attached hydrogens (tertiary/aromatic N) is 3. The zero-order valence-corrected chi connectivity index (χ0v) is 24.7. The molecular formula is C33H32N6O5. The second-order valence-electron chi connectivity index (χ2n) is 9.63. The quantitative estimate of drug-likeness (QED) is 0.0774. The first-order valence-electron chi connectivity index (χ1n) is 13.6. The number of hydrogen-bond acceptors (Lipinski definition) is 9. The molecule has 4 aromatic carbocycles. The Labute approximate surface area is 254 Å². The van der Waals surface area contributed by atoms with Crippen molar-refractivity contribution in [2.45, 2.75) is 20.8 Å².